The molecule has 0 bridgehead atoms. The van der Waals surface area contributed by atoms with Crippen molar-refractivity contribution in [2.24, 2.45) is 10.7 Å². The van der Waals surface area contributed by atoms with E-state index in [9.17, 15) is 4.79 Å². The van der Waals surface area contributed by atoms with Crippen molar-refractivity contribution in [3.05, 3.63) is 89.9 Å². The molecule has 0 aliphatic carbocycles. The number of nitrogens with two attached hydrogens (primary N) is 1. The van der Waals surface area contributed by atoms with E-state index in [2.05, 4.69) is 14.9 Å². The highest BCUT2D eigenvalue weighted by Gasteiger charge is 2.28. The average molecular weight is 580 g/mol. The molecule has 2 aromatic carbocycles. The zero-order valence-corrected chi connectivity index (χ0v) is 25.0. The van der Waals surface area contributed by atoms with Gasteiger partial charge in [0.15, 0.2) is 5.82 Å². The number of rotatable bonds is 7. The minimum Gasteiger partial charge on any atom is -0.487 e. The summed E-state index contributed by atoms with van der Waals surface area (Å²) in [5.74, 6) is 1.44. The molecule has 222 valence electrons. The summed E-state index contributed by atoms with van der Waals surface area (Å²) in [5, 5.41) is 0. The Bertz CT molecular complexity index is 1620. The van der Waals surface area contributed by atoms with Gasteiger partial charge in [0, 0.05) is 63.1 Å². The maximum Gasteiger partial charge on any atom is 0.410 e. The summed E-state index contributed by atoms with van der Waals surface area (Å²) in [6, 6.07) is 19.2. The first-order valence-corrected chi connectivity index (χ1v) is 14.3. The van der Waals surface area contributed by atoms with Crippen LogP contribution in [0.25, 0.3) is 22.3 Å². The van der Waals surface area contributed by atoms with Gasteiger partial charge in [0.1, 0.15) is 23.7 Å². The molecule has 0 atom stereocenters. The number of nitrogens with zero attached hydrogens (tertiary/aromatic N) is 6. The fourth-order valence-corrected chi connectivity index (χ4v) is 4.80. The Morgan fingerprint density at radius 3 is 2.21 bits per heavy atom. The molecule has 0 spiro atoms. The number of piperazine rings is 1. The Kier molecular flexibility index (Phi) is 8.85. The molecule has 10 nitrogen and oxygen atoms in total. The fourth-order valence-electron chi connectivity index (χ4n) is 4.80. The minimum absolute atomic E-state index is 0.231. The molecule has 1 amide bonds. The molecule has 0 unspecified atom stereocenters. The number of aromatic nitrogens is 3. The van der Waals surface area contributed by atoms with Gasteiger partial charge in [0.25, 0.3) is 0 Å². The van der Waals surface area contributed by atoms with Crippen LogP contribution in [0.1, 0.15) is 37.6 Å². The molecule has 2 aromatic heterocycles. The SMILES string of the molecule is CN=C/C(=C(\N)c1ccc(OCc2nc3ccccc3nc2N2CCN(C(=O)OC(C)(C)C)CC2)cc1)c1ccncc1. The summed E-state index contributed by atoms with van der Waals surface area (Å²) in [5.41, 5.74) is 11.6. The first-order valence-electron chi connectivity index (χ1n) is 14.3. The topological polar surface area (TPSA) is 119 Å². The van der Waals surface area contributed by atoms with Gasteiger partial charge in [0.05, 0.1) is 11.0 Å². The lowest BCUT2D eigenvalue weighted by molar-refractivity contribution is 0.0240. The van der Waals surface area contributed by atoms with E-state index in [-0.39, 0.29) is 12.7 Å². The second kappa shape index (κ2) is 12.9. The lowest BCUT2D eigenvalue weighted by Crippen LogP contribution is -2.50. The van der Waals surface area contributed by atoms with Crippen LogP contribution in [0.3, 0.4) is 0 Å². The second-order valence-corrected chi connectivity index (χ2v) is 11.2. The van der Waals surface area contributed by atoms with Gasteiger partial charge in [-0.25, -0.2) is 14.8 Å². The summed E-state index contributed by atoms with van der Waals surface area (Å²) in [4.78, 5) is 34.6. The normalized spacial score (nSPS) is 14.6. The van der Waals surface area contributed by atoms with Crippen molar-refractivity contribution in [1.29, 1.82) is 0 Å². The molecule has 1 aliphatic heterocycles. The second-order valence-electron chi connectivity index (χ2n) is 11.2. The lowest BCUT2D eigenvalue weighted by Gasteiger charge is -2.36. The number of ether oxygens (including phenoxy) is 2. The van der Waals surface area contributed by atoms with E-state index < -0.39 is 5.60 Å². The predicted molar refractivity (Wildman–Crippen MR) is 170 cm³/mol. The van der Waals surface area contributed by atoms with E-state index in [1.807, 2.05) is 81.4 Å². The van der Waals surface area contributed by atoms with Crippen molar-refractivity contribution >= 4 is 40.4 Å². The zero-order valence-electron chi connectivity index (χ0n) is 25.0. The van der Waals surface area contributed by atoms with Crippen molar-refractivity contribution in [1.82, 2.24) is 19.9 Å². The zero-order chi connectivity index (χ0) is 30.4. The fraction of sp³-hybridized carbons (Fsp3) is 0.303. The van der Waals surface area contributed by atoms with Gasteiger partial charge in [0.2, 0.25) is 0 Å². The molecule has 43 heavy (non-hydrogen) atoms. The number of anilines is 1. The monoisotopic (exact) mass is 579 g/mol. The maximum absolute atomic E-state index is 12.6. The quantitative estimate of drug-likeness (QED) is 0.297. The molecule has 2 N–H and O–H groups in total. The number of allylic oxidation sites excluding steroid dienone is 1. The van der Waals surface area contributed by atoms with Crippen molar-refractivity contribution in [2.75, 3.05) is 38.1 Å². The molecule has 1 aliphatic rings. The van der Waals surface area contributed by atoms with Gasteiger partial charge >= 0.3 is 6.09 Å². The van der Waals surface area contributed by atoms with Crippen LogP contribution < -0.4 is 15.4 Å². The summed E-state index contributed by atoms with van der Waals surface area (Å²) < 4.78 is 11.8. The van der Waals surface area contributed by atoms with E-state index in [1.54, 1.807) is 30.6 Å². The standard InChI is InChI=1S/C33H37N7O3/c1-33(2,3)43-32(41)40-19-17-39(18-20-40)31-29(37-27-7-5-6-8-28(27)38-31)22-42-25-11-9-24(10-12-25)30(34)26(21-35-4)23-13-15-36-16-14-23/h5-16,21H,17-20,22,34H2,1-4H3/b30-26+,35-21?. The molecule has 0 radical (unpaired) electrons. The first kappa shape index (κ1) is 29.5. The largest absolute Gasteiger partial charge is 0.487 e. The Morgan fingerprint density at radius 1 is 0.930 bits per heavy atom. The van der Waals surface area contributed by atoms with Crippen LogP contribution in [0, 0.1) is 0 Å². The van der Waals surface area contributed by atoms with Gasteiger partial charge in [-0.05, 0) is 80.4 Å². The highest BCUT2D eigenvalue weighted by atomic mass is 16.6. The summed E-state index contributed by atoms with van der Waals surface area (Å²) in [6.07, 6.45) is 4.92. The number of amides is 1. The molecular weight excluding hydrogens is 542 g/mol. The Balaban J connectivity index is 1.33. The molecule has 10 heteroatoms. The average Bonchev–Trinajstić information content (AvgIpc) is 3.02. The van der Waals surface area contributed by atoms with E-state index in [4.69, 9.17) is 25.2 Å². The number of pyridine rings is 1. The summed E-state index contributed by atoms with van der Waals surface area (Å²) >= 11 is 0. The number of hydrogen-bond acceptors (Lipinski definition) is 9. The summed E-state index contributed by atoms with van der Waals surface area (Å²) in [7, 11) is 1.72. The Hall–Kier alpha value is -4.99. The van der Waals surface area contributed by atoms with Gasteiger partial charge in [-0.15, -0.1) is 0 Å². The van der Waals surface area contributed by atoms with Crippen LogP contribution >= 0.6 is 0 Å². The van der Waals surface area contributed by atoms with Crippen LogP contribution in [0.4, 0.5) is 10.6 Å². The van der Waals surface area contributed by atoms with E-state index in [0.717, 1.165) is 39.2 Å². The van der Waals surface area contributed by atoms with Crippen LogP contribution in [-0.2, 0) is 11.3 Å². The van der Waals surface area contributed by atoms with Crippen LogP contribution in [0.2, 0.25) is 0 Å². The molecule has 5 rings (SSSR count). The lowest BCUT2D eigenvalue weighted by atomic mass is 10.0. The van der Waals surface area contributed by atoms with Crippen LogP contribution in [0.15, 0.2) is 78.0 Å². The Morgan fingerprint density at radius 2 is 1.58 bits per heavy atom. The van der Waals surface area contributed by atoms with Gasteiger partial charge < -0.3 is 25.0 Å². The van der Waals surface area contributed by atoms with Crippen molar-refractivity contribution in [2.45, 2.75) is 33.0 Å². The Labute approximate surface area is 251 Å². The third kappa shape index (κ3) is 7.27. The third-order valence-electron chi connectivity index (χ3n) is 6.93. The van der Waals surface area contributed by atoms with Gasteiger partial charge in [-0.2, -0.15) is 0 Å². The molecule has 0 saturated carbocycles. The van der Waals surface area contributed by atoms with Gasteiger partial charge in [-0.3, -0.25) is 9.98 Å². The number of aliphatic imine (C=N–C) groups is 1. The molecule has 1 saturated heterocycles. The molecule has 3 heterocycles. The third-order valence-corrected chi connectivity index (χ3v) is 6.93. The number of para-hydroxylation sites is 2. The van der Waals surface area contributed by atoms with Gasteiger partial charge in [-0.1, -0.05) is 12.1 Å². The van der Waals surface area contributed by atoms with Crippen molar-refractivity contribution in [3.8, 4) is 5.75 Å². The highest BCUT2D eigenvalue weighted by molar-refractivity contribution is 6.18. The number of fused-ring (bicyclic) bond motifs is 1. The smallest absolute Gasteiger partial charge is 0.410 e. The first-order chi connectivity index (χ1) is 20.7. The number of hydrogen-bond donors (Lipinski definition) is 1. The maximum atomic E-state index is 12.6. The van der Waals surface area contributed by atoms with Crippen molar-refractivity contribution in [3.63, 3.8) is 0 Å². The van der Waals surface area contributed by atoms with E-state index >= 15 is 0 Å². The predicted octanol–water partition coefficient (Wildman–Crippen LogP) is 5.19. The minimum atomic E-state index is -0.533. The number of carbonyl (C=O) groups is 1. The molecular formula is C33H37N7O3. The highest BCUT2D eigenvalue weighted by Crippen LogP contribution is 2.26. The molecule has 4 aromatic rings. The number of benzene rings is 2. The summed E-state index contributed by atoms with van der Waals surface area (Å²) in [6.45, 7) is 8.14. The van der Waals surface area contributed by atoms with E-state index in [0.29, 0.717) is 37.6 Å². The van der Waals surface area contributed by atoms with Crippen LogP contribution in [0.5, 0.6) is 5.75 Å². The van der Waals surface area contributed by atoms with Crippen LogP contribution in [-0.4, -0.2) is 71.0 Å². The van der Waals surface area contributed by atoms with E-state index in [1.165, 1.54) is 0 Å². The van der Waals surface area contributed by atoms with Crippen molar-refractivity contribution < 1.29 is 14.3 Å². The number of carbonyl (C=O) groups excluding carboxylic acids is 1. The molecule has 1 fully saturated rings.